The first-order chi connectivity index (χ1) is 39.5. The Balaban J connectivity index is 0.000000192. The van der Waals surface area contributed by atoms with Gasteiger partial charge in [-0.1, -0.05) is 22.0 Å². The van der Waals surface area contributed by atoms with E-state index in [2.05, 4.69) is 66.7 Å². The minimum Gasteiger partial charge on any atom is -0.392 e. The number of halogens is 9. The number of aliphatic hydroxyl groups is 2. The largest absolute Gasteiger partial charge is 0.418 e. The van der Waals surface area contributed by atoms with Crippen LogP contribution in [0.2, 0.25) is 0 Å². The first-order valence-electron chi connectivity index (χ1n) is 24.8. The lowest BCUT2D eigenvalue weighted by molar-refractivity contribution is -0.139. The van der Waals surface area contributed by atoms with Gasteiger partial charge in [0.2, 0.25) is 0 Å². The maximum absolute atomic E-state index is 14.0. The van der Waals surface area contributed by atoms with Crippen molar-refractivity contribution in [2.24, 2.45) is 14.1 Å². The van der Waals surface area contributed by atoms with Crippen LogP contribution in [0.1, 0.15) is 64.2 Å². The van der Waals surface area contributed by atoms with Crippen molar-refractivity contribution in [2.45, 2.75) is 70.5 Å². The number of aromatic nitrogens is 16. The maximum Gasteiger partial charge on any atom is 0.418 e. The number of hydrogen-bond acceptors (Lipinski definition) is 14. The van der Waals surface area contributed by atoms with Crippen molar-refractivity contribution in [3.63, 3.8) is 0 Å². The minimum absolute atomic E-state index is 0. The summed E-state index contributed by atoms with van der Waals surface area (Å²) in [6.45, 7) is 3.34. The van der Waals surface area contributed by atoms with Crippen LogP contribution < -0.4 is 11.1 Å². The molecule has 9 aromatic heterocycles. The number of fused-ring (bicyclic) bond motifs is 2. The summed E-state index contributed by atoms with van der Waals surface area (Å²) in [4.78, 5) is 33.8. The molecule has 11 aromatic rings. The molecule has 9 heterocycles. The lowest BCUT2D eigenvalue weighted by atomic mass is 10.1. The second-order valence-electron chi connectivity index (χ2n) is 19.0. The molecule has 0 spiro atoms. The van der Waals surface area contributed by atoms with Crippen LogP contribution in [0.4, 0.5) is 26.3 Å². The summed E-state index contributed by atoms with van der Waals surface area (Å²) in [7, 11) is 3.07. The Morgan fingerprint density at radius 1 is 0.536 bits per heavy atom. The van der Waals surface area contributed by atoms with Crippen LogP contribution >= 0.6 is 39.9 Å². The lowest BCUT2D eigenvalue weighted by Crippen LogP contribution is -2.20. The number of rotatable bonds is 12. The Bertz CT molecular complexity index is 4020. The number of hydrogen-bond donors (Lipinski definition) is 2. The molecule has 0 aliphatic heterocycles. The van der Waals surface area contributed by atoms with Gasteiger partial charge in [-0.05, 0) is 96.3 Å². The zero-order chi connectivity index (χ0) is 59.6. The molecule has 29 heteroatoms. The summed E-state index contributed by atoms with van der Waals surface area (Å²) >= 11 is 8.81. The van der Waals surface area contributed by atoms with E-state index in [0.29, 0.717) is 44.4 Å². The normalized spacial score (nSPS) is 11.5. The summed E-state index contributed by atoms with van der Waals surface area (Å²) in [6.07, 6.45) is 11.4. The topological polar surface area (TPSA) is 233 Å². The summed E-state index contributed by atoms with van der Waals surface area (Å²) in [5.74, 6) is 0.765. The van der Waals surface area contributed by atoms with Gasteiger partial charge in [0, 0.05) is 116 Å². The van der Waals surface area contributed by atoms with Crippen molar-refractivity contribution < 1.29 is 36.6 Å². The third-order valence-electron chi connectivity index (χ3n) is 12.6. The van der Waals surface area contributed by atoms with Crippen molar-refractivity contribution in [1.82, 2.24) is 78.6 Å². The standard InChI is InChI=1S/C26H24F3N7O2.C19H15BrF3N5O.C5H5ClN2.C5H6N2O.ClH/c1-25(2,38)24-30-10-18(11-31-24)17-4-5-20-22(8-17)36(34(3)23(20)37)14-19-13-35(15-21(19)26(27,28)29)12-16-6-7-32-33-9-16;1-26-18(29)15-3-2-14(20)6-17(15)28(26)10-13-9-27(11-16(13)19(21,22)23)8-12-4-5-24-25-7-12;6-3-5-1-2-7-8-4-5;8-4-5-1-2-6-7-3-5;/h4-11,13,15,38H,12,14H2,1-3H3;2-7,9,11H,8,10H2,1H3;1-2,4H,3H2;1-3,8H,4H2;1H. The Labute approximate surface area is 493 Å². The van der Waals surface area contributed by atoms with Crippen LogP contribution in [0, 0.1) is 0 Å². The molecule has 0 aliphatic rings. The smallest absolute Gasteiger partial charge is 0.392 e. The average Bonchev–Trinajstić information content (AvgIpc) is 2.21. The fourth-order valence-corrected chi connectivity index (χ4v) is 9.01. The Hall–Kier alpha value is -8.50. The predicted octanol–water partition coefficient (Wildman–Crippen LogP) is 9.15. The molecule has 84 heavy (non-hydrogen) atoms. The highest BCUT2D eigenvalue weighted by molar-refractivity contribution is 9.10. The highest BCUT2D eigenvalue weighted by atomic mass is 79.9. The van der Waals surface area contributed by atoms with Gasteiger partial charge in [-0.2, -0.15) is 67.1 Å². The van der Waals surface area contributed by atoms with Gasteiger partial charge in [-0.25, -0.2) is 9.97 Å². The van der Waals surface area contributed by atoms with E-state index in [-0.39, 0.29) is 73.3 Å². The van der Waals surface area contributed by atoms with Crippen LogP contribution in [-0.2, 0) is 70.7 Å². The molecular weight excluding hydrogens is 1210 g/mol. The van der Waals surface area contributed by atoms with Gasteiger partial charge < -0.3 is 19.3 Å². The van der Waals surface area contributed by atoms with E-state index >= 15 is 0 Å². The van der Waals surface area contributed by atoms with E-state index < -0.39 is 29.1 Å². The SMILES string of the molecule is Cl.ClCc1ccnnc1.Cn1c(=O)c2ccc(-c3cnc(C(C)(C)O)nc3)cc2n1Cc1cn(Cc2ccnnc2)cc1C(F)(F)F.Cn1c(=O)c2ccc(Br)cc2n1Cc1cn(Cc2ccnnc2)cc1C(F)(F)F.OCc1ccnnc1. The van der Waals surface area contributed by atoms with Crippen molar-refractivity contribution >= 4 is 61.7 Å². The molecule has 2 aromatic carbocycles. The molecule has 438 valence electrons. The van der Waals surface area contributed by atoms with Crippen molar-refractivity contribution in [3.8, 4) is 11.1 Å². The van der Waals surface area contributed by atoms with Crippen LogP contribution in [0.25, 0.3) is 32.9 Å². The first-order valence-corrected chi connectivity index (χ1v) is 26.2. The van der Waals surface area contributed by atoms with Gasteiger partial charge in [-0.3, -0.25) is 28.3 Å². The van der Waals surface area contributed by atoms with Crippen LogP contribution in [0.15, 0.2) is 161 Å². The van der Waals surface area contributed by atoms with E-state index in [1.807, 2.05) is 6.07 Å². The number of alkyl halides is 7. The molecule has 0 fully saturated rings. The Morgan fingerprint density at radius 2 is 0.952 bits per heavy atom. The van der Waals surface area contributed by atoms with Gasteiger partial charge in [0.25, 0.3) is 11.1 Å². The highest BCUT2D eigenvalue weighted by Crippen LogP contribution is 2.36. The molecule has 11 rings (SSSR count). The molecule has 2 N–H and O–H groups in total. The van der Waals surface area contributed by atoms with Gasteiger partial charge in [-0.15, -0.1) is 24.0 Å². The van der Waals surface area contributed by atoms with E-state index in [0.717, 1.165) is 33.6 Å². The van der Waals surface area contributed by atoms with Crippen molar-refractivity contribution in [2.75, 3.05) is 0 Å². The minimum atomic E-state index is -4.58. The van der Waals surface area contributed by atoms with Crippen molar-refractivity contribution in [3.05, 3.63) is 223 Å². The zero-order valence-corrected chi connectivity index (χ0v) is 48.1. The first kappa shape index (κ1) is 63.1. The number of benzene rings is 2. The van der Waals surface area contributed by atoms with Gasteiger partial charge in [0.15, 0.2) is 5.82 Å². The predicted molar refractivity (Wildman–Crippen MR) is 304 cm³/mol. The average molecular weight is 1260 g/mol. The molecule has 0 amide bonds. The fourth-order valence-electron chi connectivity index (χ4n) is 8.50. The Kier molecular flexibility index (Phi) is 20.5. The molecule has 0 aliphatic carbocycles. The van der Waals surface area contributed by atoms with E-state index in [1.54, 1.807) is 111 Å². The molecule has 0 atom stereocenters. The molecule has 0 saturated carbocycles. The third-order valence-corrected chi connectivity index (χ3v) is 13.4. The number of aliphatic hydroxyl groups excluding tert-OH is 1. The summed E-state index contributed by atoms with van der Waals surface area (Å²) in [5.41, 5.74) is 2.38. The van der Waals surface area contributed by atoms with Crippen LogP contribution in [0.5, 0.6) is 0 Å². The van der Waals surface area contributed by atoms with E-state index in [9.17, 15) is 41.0 Å². The Morgan fingerprint density at radius 3 is 1.32 bits per heavy atom. The van der Waals surface area contributed by atoms with Crippen LogP contribution in [-0.4, -0.2) is 88.8 Å². The summed E-state index contributed by atoms with van der Waals surface area (Å²) in [5, 5.41) is 48.6. The van der Waals surface area contributed by atoms with Crippen molar-refractivity contribution in [1.29, 1.82) is 0 Å². The lowest BCUT2D eigenvalue weighted by Gasteiger charge is -2.15. The highest BCUT2D eigenvalue weighted by Gasteiger charge is 2.36. The summed E-state index contributed by atoms with van der Waals surface area (Å²) in [6, 6.07) is 17.1. The molecular formula is C55H51BrCl2F6N16O4. The maximum atomic E-state index is 14.0. The molecule has 0 bridgehead atoms. The van der Waals surface area contributed by atoms with E-state index in [1.165, 1.54) is 73.6 Å². The van der Waals surface area contributed by atoms with Gasteiger partial charge in [0.05, 0.1) is 77.4 Å². The van der Waals surface area contributed by atoms with Crippen LogP contribution in [0.3, 0.4) is 0 Å². The zero-order valence-electron chi connectivity index (χ0n) is 44.9. The third kappa shape index (κ3) is 15.6. The van der Waals surface area contributed by atoms with Gasteiger partial charge >= 0.3 is 12.4 Å². The second-order valence-corrected chi connectivity index (χ2v) is 20.2. The molecule has 0 radical (unpaired) electrons. The summed E-state index contributed by atoms with van der Waals surface area (Å²) < 4.78 is 92.3. The number of nitrogens with zero attached hydrogens (tertiary/aromatic N) is 16. The van der Waals surface area contributed by atoms with E-state index in [4.69, 9.17) is 16.7 Å². The monoisotopic (exact) mass is 1260 g/mol. The second kappa shape index (κ2) is 27.3. The quantitative estimate of drug-likeness (QED) is 0.0858. The van der Waals surface area contributed by atoms with Gasteiger partial charge in [0.1, 0.15) is 5.60 Å². The molecule has 0 unspecified atom stereocenters. The molecule has 0 saturated heterocycles. The fraction of sp³-hybridized carbons (Fsp3) is 0.236. The molecule has 20 nitrogen and oxygen atoms in total.